The highest BCUT2D eigenvalue weighted by Crippen LogP contribution is 2.17. The Balaban J connectivity index is 2.14. The van der Waals surface area contributed by atoms with Crippen LogP contribution in [0.15, 0.2) is 24.7 Å². The van der Waals surface area contributed by atoms with Crippen molar-refractivity contribution in [3.05, 3.63) is 24.7 Å². The van der Waals surface area contributed by atoms with Crippen molar-refractivity contribution in [2.45, 2.75) is 13.5 Å². The summed E-state index contributed by atoms with van der Waals surface area (Å²) in [6.45, 7) is 2.80. The molecule has 0 aliphatic carbocycles. The van der Waals surface area contributed by atoms with Gasteiger partial charge in [-0.05, 0) is 6.92 Å². The number of nitrogens with two attached hydrogens (primary N) is 1. The summed E-state index contributed by atoms with van der Waals surface area (Å²) < 4.78 is 7.19. The molecule has 2 aromatic rings. The Morgan fingerprint density at radius 2 is 2.40 bits per heavy atom. The average molecular weight is 205 g/mol. The first-order valence-electron chi connectivity index (χ1n) is 4.57. The molecule has 0 fully saturated rings. The molecule has 0 spiro atoms. The number of aromatic nitrogens is 4. The van der Waals surface area contributed by atoms with Gasteiger partial charge >= 0.3 is 0 Å². The van der Waals surface area contributed by atoms with E-state index in [1.165, 1.54) is 0 Å². The Morgan fingerprint density at radius 3 is 3.07 bits per heavy atom. The molecule has 0 unspecified atom stereocenters. The van der Waals surface area contributed by atoms with Crippen LogP contribution in [0.2, 0.25) is 0 Å². The first kappa shape index (κ1) is 9.45. The summed E-state index contributed by atoms with van der Waals surface area (Å²) in [6.07, 6.45) is 4.96. The number of aryl methyl sites for hydroxylation is 1. The fourth-order valence-electron chi connectivity index (χ4n) is 1.10. The van der Waals surface area contributed by atoms with Gasteiger partial charge in [-0.3, -0.25) is 4.68 Å². The van der Waals surface area contributed by atoms with Gasteiger partial charge in [0.15, 0.2) is 5.75 Å². The molecule has 0 atom stereocenters. The molecule has 0 bridgehead atoms. The number of nitrogen functional groups attached to an aromatic ring is 1. The van der Waals surface area contributed by atoms with Crippen molar-refractivity contribution in [1.82, 2.24) is 19.7 Å². The van der Waals surface area contributed by atoms with Gasteiger partial charge in [0.1, 0.15) is 0 Å². The van der Waals surface area contributed by atoms with Gasteiger partial charge in [-0.1, -0.05) is 0 Å². The minimum absolute atomic E-state index is 0.190. The van der Waals surface area contributed by atoms with Crippen LogP contribution in [-0.4, -0.2) is 19.7 Å². The monoisotopic (exact) mass is 205 g/mol. The molecule has 0 saturated carbocycles. The van der Waals surface area contributed by atoms with Crippen LogP contribution in [0.4, 0.5) is 5.95 Å². The first-order chi connectivity index (χ1) is 7.28. The van der Waals surface area contributed by atoms with Crippen molar-refractivity contribution in [3.8, 4) is 11.6 Å². The predicted octanol–water partition coefficient (Wildman–Crippen LogP) is 1.07. The number of hydrogen-bond acceptors (Lipinski definition) is 5. The van der Waals surface area contributed by atoms with Crippen LogP contribution >= 0.6 is 0 Å². The topological polar surface area (TPSA) is 78.9 Å². The second-order valence-electron chi connectivity index (χ2n) is 2.89. The summed E-state index contributed by atoms with van der Waals surface area (Å²) in [6, 6.07) is 1.64. The van der Waals surface area contributed by atoms with Crippen LogP contribution in [0.5, 0.6) is 11.6 Å². The quantitative estimate of drug-likeness (QED) is 0.810. The van der Waals surface area contributed by atoms with Crippen LogP contribution in [0, 0.1) is 0 Å². The second-order valence-corrected chi connectivity index (χ2v) is 2.89. The van der Waals surface area contributed by atoms with E-state index >= 15 is 0 Å². The van der Waals surface area contributed by atoms with Gasteiger partial charge in [0.2, 0.25) is 11.8 Å². The van der Waals surface area contributed by atoms with Gasteiger partial charge in [0.05, 0.1) is 12.4 Å². The molecule has 0 aromatic carbocycles. The fourth-order valence-corrected chi connectivity index (χ4v) is 1.10. The van der Waals surface area contributed by atoms with Crippen molar-refractivity contribution < 1.29 is 4.74 Å². The highest BCUT2D eigenvalue weighted by molar-refractivity contribution is 5.25. The molecule has 0 radical (unpaired) electrons. The summed E-state index contributed by atoms with van der Waals surface area (Å²) >= 11 is 0. The normalized spacial score (nSPS) is 10.2. The van der Waals surface area contributed by atoms with E-state index in [0.717, 1.165) is 6.54 Å². The Morgan fingerprint density at radius 1 is 1.53 bits per heavy atom. The average Bonchev–Trinajstić information content (AvgIpc) is 2.65. The largest absolute Gasteiger partial charge is 0.436 e. The maximum absolute atomic E-state index is 5.43. The van der Waals surface area contributed by atoms with E-state index in [2.05, 4.69) is 15.1 Å². The Bertz CT molecular complexity index is 453. The Kier molecular flexibility index (Phi) is 2.49. The Labute approximate surface area is 86.7 Å². The van der Waals surface area contributed by atoms with E-state index in [-0.39, 0.29) is 5.95 Å². The number of rotatable bonds is 3. The molecule has 2 rings (SSSR count). The molecule has 2 aromatic heterocycles. The molecule has 0 saturated heterocycles. The molecular formula is C9H11N5O. The predicted molar refractivity (Wildman–Crippen MR) is 54.4 cm³/mol. The van der Waals surface area contributed by atoms with E-state index in [9.17, 15) is 0 Å². The van der Waals surface area contributed by atoms with E-state index in [0.29, 0.717) is 11.6 Å². The maximum atomic E-state index is 5.43. The van der Waals surface area contributed by atoms with Gasteiger partial charge < -0.3 is 10.5 Å². The molecule has 2 heterocycles. The lowest BCUT2D eigenvalue weighted by Crippen LogP contribution is -1.95. The van der Waals surface area contributed by atoms with Gasteiger partial charge in [0, 0.05) is 18.8 Å². The summed E-state index contributed by atoms with van der Waals surface area (Å²) in [5.74, 6) is 1.24. The minimum Gasteiger partial charge on any atom is -0.436 e. The number of hydrogen-bond donors (Lipinski definition) is 1. The minimum atomic E-state index is 0.190. The first-order valence-corrected chi connectivity index (χ1v) is 4.57. The summed E-state index contributed by atoms with van der Waals surface area (Å²) in [4.78, 5) is 7.68. The highest BCUT2D eigenvalue weighted by Gasteiger charge is 2.01. The molecule has 6 nitrogen and oxygen atoms in total. The smallest absolute Gasteiger partial charge is 0.224 e. The second kappa shape index (κ2) is 3.95. The molecular weight excluding hydrogens is 194 g/mol. The summed E-state index contributed by atoms with van der Waals surface area (Å²) in [5, 5.41) is 4.07. The lowest BCUT2D eigenvalue weighted by molar-refractivity contribution is 0.461. The Hall–Kier alpha value is -2.11. The van der Waals surface area contributed by atoms with Crippen molar-refractivity contribution >= 4 is 5.95 Å². The molecule has 0 amide bonds. The zero-order chi connectivity index (χ0) is 10.7. The van der Waals surface area contributed by atoms with Crippen molar-refractivity contribution in [3.63, 3.8) is 0 Å². The molecule has 15 heavy (non-hydrogen) atoms. The van der Waals surface area contributed by atoms with Gasteiger partial charge in [-0.15, -0.1) is 0 Å². The fraction of sp³-hybridized carbons (Fsp3) is 0.222. The molecule has 78 valence electrons. The summed E-state index contributed by atoms with van der Waals surface area (Å²) in [5.41, 5.74) is 5.42. The third kappa shape index (κ3) is 2.22. The van der Waals surface area contributed by atoms with Crippen molar-refractivity contribution in [2.24, 2.45) is 0 Å². The van der Waals surface area contributed by atoms with Gasteiger partial charge in [0.25, 0.3) is 0 Å². The maximum Gasteiger partial charge on any atom is 0.224 e. The van der Waals surface area contributed by atoms with Gasteiger partial charge in [-0.25, -0.2) is 4.98 Å². The molecule has 6 heteroatoms. The zero-order valence-corrected chi connectivity index (χ0v) is 8.29. The SMILES string of the molecule is CCn1cc(Oc2ccnc(N)n2)cn1. The number of nitrogens with zero attached hydrogens (tertiary/aromatic N) is 4. The highest BCUT2D eigenvalue weighted by atomic mass is 16.5. The molecule has 2 N–H and O–H groups in total. The number of anilines is 1. The van der Waals surface area contributed by atoms with E-state index < -0.39 is 0 Å². The van der Waals surface area contributed by atoms with Crippen molar-refractivity contribution in [2.75, 3.05) is 5.73 Å². The van der Waals surface area contributed by atoms with E-state index in [4.69, 9.17) is 10.5 Å². The van der Waals surface area contributed by atoms with Crippen LogP contribution in [0.1, 0.15) is 6.92 Å². The number of ether oxygens (including phenoxy) is 1. The lowest BCUT2D eigenvalue weighted by Gasteiger charge is -2.00. The zero-order valence-electron chi connectivity index (χ0n) is 8.29. The van der Waals surface area contributed by atoms with Crippen LogP contribution in [0.25, 0.3) is 0 Å². The van der Waals surface area contributed by atoms with E-state index in [1.54, 1.807) is 29.3 Å². The third-order valence-electron chi connectivity index (χ3n) is 1.80. The van der Waals surface area contributed by atoms with Crippen LogP contribution in [-0.2, 0) is 6.54 Å². The van der Waals surface area contributed by atoms with Crippen LogP contribution in [0.3, 0.4) is 0 Å². The standard InChI is InChI=1S/C9H11N5O/c1-2-14-6-7(5-12-14)15-8-3-4-11-9(10)13-8/h3-6H,2H2,1H3,(H2,10,11,13). The van der Waals surface area contributed by atoms with Crippen molar-refractivity contribution in [1.29, 1.82) is 0 Å². The van der Waals surface area contributed by atoms with E-state index in [1.807, 2.05) is 6.92 Å². The summed E-state index contributed by atoms with van der Waals surface area (Å²) in [7, 11) is 0. The molecule has 0 aliphatic heterocycles. The van der Waals surface area contributed by atoms with Crippen LogP contribution < -0.4 is 10.5 Å². The van der Waals surface area contributed by atoms with Gasteiger partial charge in [-0.2, -0.15) is 10.1 Å². The third-order valence-corrected chi connectivity index (χ3v) is 1.80. The molecule has 0 aliphatic rings. The lowest BCUT2D eigenvalue weighted by atomic mass is 10.6.